The maximum atomic E-state index is 7.00. The normalized spacial score (nSPS) is 17.7. The number of aliphatic hydroxyl groups is 1. The Labute approximate surface area is 549 Å². The molecular weight excluding hydrogens is 1040 g/mol. The highest BCUT2D eigenvalue weighted by Gasteiger charge is 2.34. The van der Waals surface area contributed by atoms with Gasteiger partial charge in [0.2, 0.25) is 0 Å². The first-order chi connectivity index (χ1) is 39.5. The minimum atomic E-state index is 0. The van der Waals surface area contributed by atoms with Gasteiger partial charge in [0.25, 0.3) is 0 Å². The Hall–Kier alpha value is -3.16. The fourth-order valence-corrected chi connectivity index (χ4v) is 12.6. The Morgan fingerprint density at radius 1 is 0.233 bits per heavy atom. The highest BCUT2D eigenvalue weighted by Crippen LogP contribution is 2.49. The van der Waals surface area contributed by atoms with Crippen molar-refractivity contribution in [1.29, 1.82) is 0 Å². The molecular formula is C85H166O. The summed E-state index contributed by atoms with van der Waals surface area (Å²) in [6, 6.07) is 40.9. The van der Waals surface area contributed by atoms with Gasteiger partial charge in [-0.25, -0.2) is 0 Å². The van der Waals surface area contributed by atoms with Crippen molar-refractivity contribution in [1.82, 2.24) is 0 Å². The first-order valence-electron chi connectivity index (χ1n) is 35.3. The van der Waals surface area contributed by atoms with Gasteiger partial charge >= 0.3 is 0 Å². The van der Waals surface area contributed by atoms with E-state index in [9.17, 15) is 0 Å². The molecule has 0 saturated heterocycles. The van der Waals surface area contributed by atoms with E-state index in [4.69, 9.17) is 5.11 Å². The van der Waals surface area contributed by atoms with Crippen LogP contribution in [0.4, 0.5) is 0 Å². The van der Waals surface area contributed by atoms with Crippen molar-refractivity contribution in [3.8, 4) is 0 Å². The standard InChI is InChI=1S/C52H64.4C3H8.7C2H6.CH4O.6CH4/c1-5-17-37(18-6-1)49-41-25-13-27-43(33-41)50(38-19-7-2-8-20-38)45-29-15-31-47(35-45)52(40-23-11-4-12-24-40)48-32-16-30-46(36-48)51(39-21-9-3-10-22-39)44-28-14-26-42(49)34-44;4*1-3-2;8*1-2;;;;;;/h13-16,25-40,49-52H,1-12,17-24H2;4*3H2,1-2H3;7*1-2H3;2H,1H3;6*1H4. The van der Waals surface area contributed by atoms with E-state index >= 15 is 0 Å². The SMILES string of the molecule is C.C.C.C.C.C.CC.CC.CC.CC.CC.CC.CC.CCC.CCC.CCC.CCC.CO.c1cc2cc(c1)C(C1CCCCC1)c1cccc(c1)C(C1CCCCC1)c1cccc(c1)C(C1CCCCC1)c1cccc(c1)C2C1CCCCC1. The van der Waals surface area contributed by atoms with E-state index in [2.05, 4.69) is 152 Å². The third-order valence-corrected chi connectivity index (χ3v) is 15.0. The Balaban J connectivity index is -0.000000186. The van der Waals surface area contributed by atoms with E-state index in [0.29, 0.717) is 23.7 Å². The molecule has 0 heterocycles. The number of benzene rings is 4. The number of hydrogen-bond acceptors (Lipinski definition) is 1. The molecule has 1 nitrogen and oxygen atoms in total. The van der Waals surface area contributed by atoms with E-state index < -0.39 is 0 Å². The highest BCUT2D eigenvalue weighted by atomic mass is 16.2. The predicted molar refractivity (Wildman–Crippen MR) is 411 cm³/mol. The topological polar surface area (TPSA) is 20.2 Å². The minimum absolute atomic E-state index is 0. The molecule has 4 aromatic carbocycles. The van der Waals surface area contributed by atoms with Gasteiger partial charge in [-0.15, -0.1) is 0 Å². The monoisotopic (exact) mass is 1200 g/mol. The van der Waals surface area contributed by atoms with Gasteiger partial charge < -0.3 is 5.11 Å². The summed E-state index contributed by atoms with van der Waals surface area (Å²) in [5, 5.41) is 7.00. The van der Waals surface area contributed by atoms with E-state index in [1.807, 2.05) is 96.9 Å². The van der Waals surface area contributed by atoms with Gasteiger partial charge in [-0.1, -0.05) is 397 Å². The zero-order valence-electron chi connectivity index (χ0n) is 58.3. The molecule has 86 heavy (non-hydrogen) atoms. The molecule has 0 aliphatic heterocycles. The van der Waals surface area contributed by atoms with Crippen molar-refractivity contribution in [2.75, 3.05) is 7.11 Å². The molecule has 512 valence electrons. The summed E-state index contributed by atoms with van der Waals surface area (Å²) in [6.45, 7) is 45.0. The first-order valence-corrected chi connectivity index (χ1v) is 35.3. The molecule has 5 aliphatic rings. The van der Waals surface area contributed by atoms with Gasteiger partial charge in [0.15, 0.2) is 0 Å². The lowest BCUT2D eigenvalue weighted by Crippen LogP contribution is -2.22. The van der Waals surface area contributed by atoms with Gasteiger partial charge in [-0.2, -0.15) is 0 Å². The summed E-state index contributed by atoms with van der Waals surface area (Å²) < 4.78 is 0. The number of aliphatic hydroxyl groups excluding tert-OH is 1. The van der Waals surface area contributed by atoms with Gasteiger partial charge in [0, 0.05) is 30.8 Å². The molecule has 0 unspecified atom stereocenters. The van der Waals surface area contributed by atoms with Crippen LogP contribution in [0.1, 0.15) is 419 Å². The summed E-state index contributed by atoms with van der Waals surface area (Å²) >= 11 is 0. The molecule has 0 amide bonds. The van der Waals surface area contributed by atoms with Crippen molar-refractivity contribution in [2.45, 2.75) is 375 Å². The van der Waals surface area contributed by atoms with Crippen LogP contribution in [0.15, 0.2) is 97.1 Å². The molecule has 0 spiro atoms. The average molecular weight is 1200 g/mol. The second-order valence-corrected chi connectivity index (χ2v) is 21.0. The van der Waals surface area contributed by atoms with Crippen LogP contribution in [-0.4, -0.2) is 12.2 Å². The van der Waals surface area contributed by atoms with Gasteiger partial charge in [0.1, 0.15) is 0 Å². The highest BCUT2D eigenvalue weighted by molar-refractivity contribution is 5.47. The third-order valence-electron chi connectivity index (χ3n) is 15.0. The second kappa shape index (κ2) is 74.3. The van der Waals surface area contributed by atoms with Crippen molar-refractivity contribution in [2.24, 2.45) is 23.7 Å². The first kappa shape index (κ1) is 105. The van der Waals surface area contributed by atoms with Gasteiger partial charge in [0.05, 0.1) is 0 Å². The largest absolute Gasteiger partial charge is 0.400 e. The summed E-state index contributed by atoms with van der Waals surface area (Å²) in [4.78, 5) is 0. The van der Waals surface area contributed by atoms with Crippen LogP contribution in [0.2, 0.25) is 0 Å². The Morgan fingerprint density at radius 3 is 0.442 bits per heavy atom. The molecule has 8 bridgehead atoms. The molecule has 1 heteroatoms. The fourth-order valence-electron chi connectivity index (χ4n) is 12.6. The Morgan fingerprint density at radius 2 is 0.337 bits per heavy atom. The van der Waals surface area contributed by atoms with Gasteiger partial charge in [-0.3, -0.25) is 0 Å². The quantitative estimate of drug-likeness (QED) is 0.216. The predicted octanol–water partition coefficient (Wildman–Crippen LogP) is 31.1. The molecule has 4 aromatic rings. The molecule has 5 aliphatic carbocycles. The van der Waals surface area contributed by atoms with E-state index in [1.54, 1.807) is 44.5 Å². The average Bonchev–Trinajstić information content (AvgIpc) is 1.81. The molecule has 0 aromatic heterocycles. The van der Waals surface area contributed by atoms with Crippen LogP contribution in [0.3, 0.4) is 0 Å². The molecule has 9 rings (SSSR count). The molecule has 1 N–H and O–H groups in total. The van der Waals surface area contributed by atoms with E-state index in [1.165, 1.54) is 154 Å². The Kier molecular flexibility index (Phi) is 90.4. The van der Waals surface area contributed by atoms with Crippen molar-refractivity contribution < 1.29 is 5.11 Å². The van der Waals surface area contributed by atoms with E-state index in [0.717, 1.165) is 30.8 Å². The second-order valence-electron chi connectivity index (χ2n) is 21.0. The Bertz CT molecular complexity index is 1480. The molecule has 0 atom stereocenters. The van der Waals surface area contributed by atoms with Crippen molar-refractivity contribution in [3.05, 3.63) is 142 Å². The van der Waals surface area contributed by atoms with Crippen molar-refractivity contribution >= 4 is 0 Å². The van der Waals surface area contributed by atoms with Crippen LogP contribution < -0.4 is 0 Å². The maximum absolute atomic E-state index is 7.00. The van der Waals surface area contributed by atoms with Crippen LogP contribution in [-0.2, 0) is 0 Å². The minimum Gasteiger partial charge on any atom is -0.400 e. The van der Waals surface area contributed by atoms with Crippen LogP contribution in [0.25, 0.3) is 0 Å². The fraction of sp³-hybridized carbons (Fsp3) is 0.718. The van der Waals surface area contributed by atoms with Gasteiger partial charge in [-0.05, 0) is 120 Å². The molecule has 0 radical (unpaired) electrons. The maximum Gasteiger partial charge on any atom is 0.0319 e. The number of hydrogen-bond donors (Lipinski definition) is 1. The smallest absolute Gasteiger partial charge is 0.0319 e. The zero-order chi connectivity index (χ0) is 61.5. The molecule has 4 saturated carbocycles. The molecule has 4 fully saturated rings. The van der Waals surface area contributed by atoms with Crippen LogP contribution in [0.5, 0.6) is 0 Å². The summed E-state index contributed by atoms with van der Waals surface area (Å²) in [5.74, 6) is 4.79. The van der Waals surface area contributed by atoms with Crippen molar-refractivity contribution in [3.63, 3.8) is 0 Å². The lowest BCUT2D eigenvalue weighted by molar-refractivity contribution is 0.319. The summed E-state index contributed by atoms with van der Waals surface area (Å²) in [5.41, 5.74) is 12.7. The zero-order valence-corrected chi connectivity index (χ0v) is 58.3. The van der Waals surface area contributed by atoms with Crippen LogP contribution in [0, 0.1) is 23.7 Å². The summed E-state index contributed by atoms with van der Waals surface area (Å²) in [6.07, 6.45) is 32.6. The number of rotatable bonds is 4. The lowest BCUT2D eigenvalue weighted by Gasteiger charge is -2.36. The van der Waals surface area contributed by atoms with E-state index in [-0.39, 0.29) is 44.6 Å². The summed E-state index contributed by atoms with van der Waals surface area (Å²) in [7, 11) is 1.00. The van der Waals surface area contributed by atoms with Crippen LogP contribution >= 0.6 is 0 Å². The third kappa shape index (κ3) is 37.7. The number of fused-ring (bicyclic) bond motifs is 8. The lowest BCUT2D eigenvalue weighted by atomic mass is 9.68.